The smallest absolute Gasteiger partial charge is 0.165 e. The maximum atomic E-state index is 11.4. The molecule has 0 N–H and O–H groups in total. The van der Waals surface area contributed by atoms with E-state index in [9.17, 15) is 9.59 Å². The summed E-state index contributed by atoms with van der Waals surface area (Å²) < 4.78 is 0. The lowest BCUT2D eigenvalue weighted by Crippen LogP contribution is -2.25. The molecule has 2 heteroatoms. The van der Waals surface area contributed by atoms with E-state index < -0.39 is 5.41 Å². The lowest BCUT2D eigenvalue weighted by atomic mass is 9.79. The van der Waals surface area contributed by atoms with Gasteiger partial charge in [-0.05, 0) is 19.4 Å². The van der Waals surface area contributed by atoms with Gasteiger partial charge in [-0.3, -0.25) is 4.79 Å². The van der Waals surface area contributed by atoms with Gasteiger partial charge in [0.15, 0.2) is 5.78 Å². The lowest BCUT2D eigenvalue weighted by molar-refractivity contribution is -0.121. The molecule has 0 spiro atoms. The topological polar surface area (TPSA) is 34.1 Å². The SMILES string of the molecule is CC1(CCC=O)C=CC=CC1=O. The first-order chi connectivity index (χ1) is 5.69. The van der Waals surface area contributed by atoms with Crippen LogP contribution >= 0.6 is 0 Å². The summed E-state index contributed by atoms with van der Waals surface area (Å²) in [4.78, 5) is 21.5. The molecular formula is C10H12O2. The Kier molecular flexibility index (Phi) is 2.58. The quantitative estimate of drug-likeness (QED) is 0.594. The van der Waals surface area contributed by atoms with E-state index in [1.807, 2.05) is 19.1 Å². The molecule has 1 aliphatic rings. The molecular weight excluding hydrogens is 152 g/mol. The molecule has 12 heavy (non-hydrogen) atoms. The van der Waals surface area contributed by atoms with Crippen LogP contribution in [-0.2, 0) is 9.59 Å². The monoisotopic (exact) mass is 164 g/mol. The van der Waals surface area contributed by atoms with Crippen LogP contribution in [0.2, 0.25) is 0 Å². The molecule has 0 aromatic heterocycles. The molecule has 1 atom stereocenters. The van der Waals surface area contributed by atoms with Gasteiger partial charge in [-0.1, -0.05) is 18.2 Å². The molecule has 0 aliphatic heterocycles. The van der Waals surface area contributed by atoms with Crippen molar-refractivity contribution in [1.29, 1.82) is 0 Å². The average molecular weight is 164 g/mol. The molecule has 1 rings (SSSR count). The Morgan fingerprint density at radius 3 is 2.83 bits per heavy atom. The summed E-state index contributed by atoms with van der Waals surface area (Å²) in [5.74, 6) is 0.0897. The van der Waals surface area contributed by atoms with Gasteiger partial charge in [0, 0.05) is 11.8 Å². The van der Waals surface area contributed by atoms with Crippen LogP contribution in [0.15, 0.2) is 24.3 Å². The molecule has 2 nitrogen and oxygen atoms in total. The van der Waals surface area contributed by atoms with Crippen molar-refractivity contribution in [2.75, 3.05) is 0 Å². The Labute approximate surface area is 72.0 Å². The number of hydrogen-bond acceptors (Lipinski definition) is 2. The molecule has 0 aromatic carbocycles. The fourth-order valence-corrected chi connectivity index (χ4v) is 1.25. The van der Waals surface area contributed by atoms with Crippen LogP contribution in [0.3, 0.4) is 0 Å². The number of carbonyl (C=O) groups is 2. The Bertz CT molecular complexity index is 251. The van der Waals surface area contributed by atoms with Gasteiger partial charge in [0.2, 0.25) is 0 Å². The number of allylic oxidation sites excluding steroid dienone is 4. The molecule has 1 unspecified atom stereocenters. The standard InChI is InChI=1S/C10H12O2/c1-10(7-4-8-11)6-3-2-5-9(10)12/h2-3,5-6,8H,4,7H2,1H3. The maximum absolute atomic E-state index is 11.4. The highest BCUT2D eigenvalue weighted by molar-refractivity contribution is 5.97. The van der Waals surface area contributed by atoms with E-state index in [4.69, 9.17) is 0 Å². The molecule has 0 saturated heterocycles. The van der Waals surface area contributed by atoms with Crippen LogP contribution in [0.5, 0.6) is 0 Å². The highest BCUT2D eigenvalue weighted by Gasteiger charge is 2.28. The van der Waals surface area contributed by atoms with Gasteiger partial charge in [-0.15, -0.1) is 0 Å². The average Bonchev–Trinajstić information content (AvgIpc) is 2.07. The number of aldehydes is 1. The number of ketones is 1. The minimum Gasteiger partial charge on any atom is -0.303 e. The molecule has 0 radical (unpaired) electrons. The number of hydrogen-bond donors (Lipinski definition) is 0. The fourth-order valence-electron chi connectivity index (χ4n) is 1.25. The van der Waals surface area contributed by atoms with Gasteiger partial charge in [-0.25, -0.2) is 0 Å². The molecule has 64 valence electrons. The van der Waals surface area contributed by atoms with Crippen LogP contribution in [-0.4, -0.2) is 12.1 Å². The third-order valence-electron chi connectivity index (χ3n) is 2.17. The second-order valence-corrected chi connectivity index (χ2v) is 3.21. The van der Waals surface area contributed by atoms with Crippen molar-refractivity contribution in [3.05, 3.63) is 24.3 Å². The molecule has 0 amide bonds. The van der Waals surface area contributed by atoms with Crippen molar-refractivity contribution >= 4 is 12.1 Å². The molecule has 0 saturated carbocycles. The number of rotatable bonds is 3. The van der Waals surface area contributed by atoms with Crippen molar-refractivity contribution in [1.82, 2.24) is 0 Å². The highest BCUT2D eigenvalue weighted by Crippen LogP contribution is 2.28. The first-order valence-electron chi connectivity index (χ1n) is 4.03. The van der Waals surface area contributed by atoms with E-state index in [-0.39, 0.29) is 5.78 Å². The maximum Gasteiger partial charge on any atom is 0.165 e. The molecule has 0 bridgehead atoms. The van der Waals surface area contributed by atoms with Crippen molar-refractivity contribution in [3.63, 3.8) is 0 Å². The van der Waals surface area contributed by atoms with E-state index in [0.29, 0.717) is 12.8 Å². The Morgan fingerprint density at radius 1 is 1.50 bits per heavy atom. The summed E-state index contributed by atoms with van der Waals surface area (Å²) in [6, 6.07) is 0. The van der Waals surface area contributed by atoms with Crippen molar-refractivity contribution in [3.8, 4) is 0 Å². The van der Waals surface area contributed by atoms with Gasteiger partial charge in [0.05, 0.1) is 0 Å². The van der Waals surface area contributed by atoms with Crippen LogP contribution in [0.4, 0.5) is 0 Å². The summed E-state index contributed by atoms with van der Waals surface area (Å²) >= 11 is 0. The largest absolute Gasteiger partial charge is 0.303 e. The van der Waals surface area contributed by atoms with Gasteiger partial charge < -0.3 is 4.79 Å². The minimum absolute atomic E-state index is 0.0897. The third-order valence-corrected chi connectivity index (χ3v) is 2.17. The fraction of sp³-hybridized carbons (Fsp3) is 0.400. The minimum atomic E-state index is -0.449. The van der Waals surface area contributed by atoms with E-state index in [2.05, 4.69) is 0 Å². The van der Waals surface area contributed by atoms with Crippen molar-refractivity contribution in [2.24, 2.45) is 5.41 Å². The zero-order chi connectivity index (χ0) is 9.03. The van der Waals surface area contributed by atoms with Crippen LogP contribution < -0.4 is 0 Å². The summed E-state index contributed by atoms with van der Waals surface area (Å²) in [5, 5.41) is 0. The molecule has 0 heterocycles. The Hall–Kier alpha value is -1.18. The lowest BCUT2D eigenvalue weighted by Gasteiger charge is -2.23. The van der Waals surface area contributed by atoms with Crippen molar-refractivity contribution < 1.29 is 9.59 Å². The Morgan fingerprint density at radius 2 is 2.25 bits per heavy atom. The summed E-state index contributed by atoms with van der Waals surface area (Å²) in [5.41, 5.74) is -0.449. The molecule has 1 aliphatic carbocycles. The van der Waals surface area contributed by atoms with E-state index >= 15 is 0 Å². The van der Waals surface area contributed by atoms with Gasteiger partial charge in [-0.2, -0.15) is 0 Å². The van der Waals surface area contributed by atoms with E-state index in [0.717, 1.165) is 6.29 Å². The van der Waals surface area contributed by atoms with Gasteiger partial charge >= 0.3 is 0 Å². The third kappa shape index (κ3) is 1.70. The predicted molar refractivity (Wildman–Crippen MR) is 46.7 cm³/mol. The Balaban J connectivity index is 2.69. The van der Waals surface area contributed by atoms with Gasteiger partial charge in [0.1, 0.15) is 6.29 Å². The second-order valence-electron chi connectivity index (χ2n) is 3.21. The summed E-state index contributed by atoms with van der Waals surface area (Å²) in [7, 11) is 0. The highest BCUT2D eigenvalue weighted by atomic mass is 16.1. The summed E-state index contributed by atoms with van der Waals surface area (Å²) in [6.45, 7) is 1.86. The first kappa shape index (κ1) is 8.91. The van der Waals surface area contributed by atoms with E-state index in [1.165, 1.54) is 0 Å². The van der Waals surface area contributed by atoms with Crippen molar-refractivity contribution in [2.45, 2.75) is 19.8 Å². The molecule has 0 fully saturated rings. The number of carbonyl (C=O) groups excluding carboxylic acids is 2. The molecule has 0 aromatic rings. The van der Waals surface area contributed by atoms with Crippen LogP contribution in [0.1, 0.15) is 19.8 Å². The van der Waals surface area contributed by atoms with Crippen LogP contribution in [0, 0.1) is 5.41 Å². The van der Waals surface area contributed by atoms with E-state index in [1.54, 1.807) is 12.2 Å². The summed E-state index contributed by atoms with van der Waals surface area (Å²) in [6.07, 6.45) is 8.90. The first-order valence-corrected chi connectivity index (χ1v) is 4.03. The zero-order valence-electron chi connectivity index (χ0n) is 7.12. The second kappa shape index (κ2) is 3.48. The normalized spacial score (nSPS) is 27.6. The zero-order valence-corrected chi connectivity index (χ0v) is 7.12. The predicted octanol–water partition coefficient (Wildman–Crippen LogP) is 1.67. The van der Waals surface area contributed by atoms with Gasteiger partial charge in [0.25, 0.3) is 0 Å². The van der Waals surface area contributed by atoms with Crippen LogP contribution in [0.25, 0.3) is 0 Å².